The van der Waals surface area contributed by atoms with Crippen LogP contribution in [0.3, 0.4) is 0 Å². The Morgan fingerprint density at radius 2 is 1.92 bits per heavy atom. The minimum absolute atomic E-state index is 0.0499. The van der Waals surface area contributed by atoms with E-state index in [4.69, 9.17) is 0 Å². The third kappa shape index (κ3) is 6.58. The smallest absolute Gasteiger partial charge is 0.236 e. The van der Waals surface area contributed by atoms with Gasteiger partial charge in [0, 0.05) is 7.05 Å². The van der Waals surface area contributed by atoms with Gasteiger partial charge in [0.1, 0.15) is 0 Å². The Morgan fingerprint density at radius 3 is 2.31 bits per heavy atom. The monoisotopic (exact) mass is 186 g/mol. The zero-order chi connectivity index (χ0) is 10.5. The van der Waals surface area contributed by atoms with Crippen LogP contribution in [0.25, 0.3) is 0 Å². The van der Waals surface area contributed by atoms with Crippen molar-refractivity contribution in [2.45, 2.75) is 40.2 Å². The second-order valence-corrected chi connectivity index (χ2v) is 4.60. The number of rotatable bonds is 4. The van der Waals surface area contributed by atoms with Gasteiger partial charge in [-0.3, -0.25) is 4.79 Å². The molecule has 0 rings (SSSR count). The maximum absolute atomic E-state index is 11.1. The molecule has 2 N–H and O–H groups in total. The lowest BCUT2D eigenvalue weighted by molar-refractivity contribution is -0.122. The van der Waals surface area contributed by atoms with Crippen molar-refractivity contribution >= 4 is 5.91 Å². The average molecular weight is 186 g/mol. The lowest BCUT2D eigenvalue weighted by Gasteiger charge is -2.20. The van der Waals surface area contributed by atoms with Crippen LogP contribution >= 0.6 is 0 Å². The normalized spacial score (nSPS) is 13.9. The first kappa shape index (κ1) is 12.4. The number of hydrogen-bond acceptors (Lipinski definition) is 2. The Labute approximate surface area is 81.3 Å². The average Bonchev–Trinajstić information content (AvgIpc) is 2.00. The summed E-state index contributed by atoms with van der Waals surface area (Å²) >= 11 is 0. The number of amides is 1. The summed E-state index contributed by atoms with van der Waals surface area (Å²) in [5.74, 6) is 0.0499. The molecule has 0 aliphatic rings. The van der Waals surface area contributed by atoms with Gasteiger partial charge in [-0.1, -0.05) is 20.8 Å². The van der Waals surface area contributed by atoms with Crippen LogP contribution in [0.1, 0.15) is 34.1 Å². The second kappa shape index (κ2) is 5.22. The summed E-state index contributed by atoms with van der Waals surface area (Å²) < 4.78 is 0. The molecule has 1 amide bonds. The number of carbonyl (C=O) groups is 1. The highest BCUT2D eigenvalue weighted by Gasteiger charge is 2.13. The molecule has 0 aromatic heterocycles. The molecule has 0 aromatic carbocycles. The highest BCUT2D eigenvalue weighted by molar-refractivity contribution is 5.80. The lowest BCUT2D eigenvalue weighted by Crippen LogP contribution is -2.41. The molecule has 0 saturated heterocycles. The summed E-state index contributed by atoms with van der Waals surface area (Å²) in [5.41, 5.74) is 0.329. The van der Waals surface area contributed by atoms with Gasteiger partial charge in [-0.2, -0.15) is 0 Å². The van der Waals surface area contributed by atoms with Crippen LogP contribution in [0.15, 0.2) is 0 Å². The molecular formula is C10H22N2O. The summed E-state index contributed by atoms with van der Waals surface area (Å²) in [6, 6.07) is -0.0904. The van der Waals surface area contributed by atoms with E-state index in [-0.39, 0.29) is 11.9 Å². The third-order valence-corrected chi connectivity index (χ3v) is 1.97. The van der Waals surface area contributed by atoms with E-state index in [2.05, 4.69) is 31.4 Å². The van der Waals surface area contributed by atoms with Crippen LogP contribution in [0.4, 0.5) is 0 Å². The van der Waals surface area contributed by atoms with Crippen LogP contribution in [0, 0.1) is 5.41 Å². The molecule has 0 aliphatic carbocycles. The van der Waals surface area contributed by atoms with Crippen LogP contribution in [0.2, 0.25) is 0 Å². The Kier molecular flexibility index (Phi) is 4.99. The van der Waals surface area contributed by atoms with E-state index < -0.39 is 0 Å². The molecule has 0 radical (unpaired) electrons. The van der Waals surface area contributed by atoms with Crippen molar-refractivity contribution in [3.8, 4) is 0 Å². The van der Waals surface area contributed by atoms with E-state index >= 15 is 0 Å². The molecule has 13 heavy (non-hydrogen) atoms. The first-order valence-corrected chi connectivity index (χ1v) is 4.82. The summed E-state index contributed by atoms with van der Waals surface area (Å²) in [5, 5.41) is 5.79. The van der Waals surface area contributed by atoms with Crippen LogP contribution < -0.4 is 10.6 Å². The Morgan fingerprint density at radius 1 is 1.38 bits per heavy atom. The Balaban J connectivity index is 3.59. The molecule has 0 saturated carbocycles. The molecule has 3 heteroatoms. The minimum Gasteiger partial charge on any atom is -0.358 e. The molecule has 3 nitrogen and oxygen atoms in total. The predicted octanol–water partition coefficient (Wildman–Crippen LogP) is 1.15. The lowest BCUT2D eigenvalue weighted by atomic mass is 9.92. The van der Waals surface area contributed by atoms with Crippen molar-refractivity contribution in [3.63, 3.8) is 0 Å². The van der Waals surface area contributed by atoms with Crippen molar-refractivity contribution in [2.75, 3.05) is 13.6 Å². The van der Waals surface area contributed by atoms with Crippen LogP contribution in [0.5, 0.6) is 0 Å². The molecule has 0 fully saturated rings. The number of hydrogen-bond donors (Lipinski definition) is 2. The number of likely N-dealkylation sites (N-methyl/N-ethyl adjacent to an activating group) is 1. The van der Waals surface area contributed by atoms with Gasteiger partial charge in [-0.25, -0.2) is 0 Å². The van der Waals surface area contributed by atoms with E-state index in [0.717, 1.165) is 13.0 Å². The van der Waals surface area contributed by atoms with E-state index in [9.17, 15) is 4.79 Å². The van der Waals surface area contributed by atoms with Gasteiger partial charge >= 0.3 is 0 Å². The van der Waals surface area contributed by atoms with E-state index in [1.54, 1.807) is 7.05 Å². The van der Waals surface area contributed by atoms with E-state index in [1.807, 2.05) is 6.92 Å². The van der Waals surface area contributed by atoms with Gasteiger partial charge in [-0.15, -0.1) is 0 Å². The van der Waals surface area contributed by atoms with Crippen molar-refractivity contribution in [1.82, 2.24) is 10.6 Å². The quantitative estimate of drug-likeness (QED) is 0.691. The molecule has 0 aliphatic heterocycles. The first-order chi connectivity index (χ1) is 5.87. The molecule has 0 bridgehead atoms. The van der Waals surface area contributed by atoms with Gasteiger partial charge in [0.05, 0.1) is 6.04 Å². The maximum Gasteiger partial charge on any atom is 0.236 e. The molecule has 0 heterocycles. The molecule has 1 atom stereocenters. The molecule has 78 valence electrons. The van der Waals surface area contributed by atoms with E-state index in [0.29, 0.717) is 5.41 Å². The van der Waals surface area contributed by atoms with Crippen molar-refractivity contribution in [3.05, 3.63) is 0 Å². The fraction of sp³-hybridized carbons (Fsp3) is 0.900. The zero-order valence-corrected chi connectivity index (χ0v) is 9.40. The first-order valence-electron chi connectivity index (χ1n) is 4.82. The largest absolute Gasteiger partial charge is 0.358 e. The summed E-state index contributed by atoms with van der Waals surface area (Å²) in [6.07, 6.45) is 1.08. The highest BCUT2D eigenvalue weighted by atomic mass is 16.2. The summed E-state index contributed by atoms with van der Waals surface area (Å²) in [6.45, 7) is 9.34. The topological polar surface area (TPSA) is 41.1 Å². The van der Waals surface area contributed by atoms with Gasteiger partial charge < -0.3 is 10.6 Å². The Hall–Kier alpha value is -0.570. The molecular weight excluding hydrogens is 164 g/mol. The fourth-order valence-electron chi connectivity index (χ4n) is 0.973. The van der Waals surface area contributed by atoms with Crippen molar-refractivity contribution in [2.24, 2.45) is 5.41 Å². The van der Waals surface area contributed by atoms with Crippen molar-refractivity contribution in [1.29, 1.82) is 0 Å². The maximum atomic E-state index is 11.1. The van der Waals surface area contributed by atoms with Gasteiger partial charge in [0.15, 0.2) is 0 Å². The van der Waals surface area contributed by atoms with Gasteiger partial charge in [0.25, 0.3) is 0 Å². The second-order valence-electron chi connectivity index (χ2n) is 4.60. The van der Waals surface area contributed by atoms with Gasteiger partial charge in [0.2, 0.25) is 5.91 Å². The summed E-state index contributed by atoms with van der Waals surface area (Å²) in [7, 11) is 1.66. The molecule has 0 spiro atoms. The van der Waals surface area contributed by atoms with Crippen molar-refractivity contribution < 1.29 is 4.79 Å². The minimum atomic E-state index is -0.0904. The SMILES string of the molecule is CNC(=O)C(C)NCCC(C)(C)C. The third-order valence-electron chi connectivity index (χ3n) is 1.97. The molecule has 1 unspecified atom stereocenters. The highest BCUT2D eigenvalue weighted by Crippen LogP contribution is 2.16. The van der Waals surface area contributed by atoms with Gasteiger partial charge in [-0.05, 0) is 25.3 Å². The van der Waals surface area contributed by atoms with Crippen LogP contribution in [-0.4, -0.2) is 25.5 Å². The summed E-state index contributed by atoms with van der Waals surface area (Å²) in [4.78, 5) is 11.1. The zero-order valence-electron chi connectivity index (χ0n) is 9.40. The number of carbonyl (C=O) groups excluding carboxylic acids is 1. The standard InChI is InChI=1S/C10H22N2O/c1-8(9(13)11-5)12-7-6-10(2,3)4/h8,12H,6-7H2,1-5H3,(H,11,13). The fourth-order valence-corrected chi connectivity index (χ4v) is 0.973. The van der Waals surface area contributed by atoms with Crippen LogP contribution in [-0.2, 0) is 4.79 Å². The molecule has 0 aromatic rings. The number of nitrogens with one attached hydrogen (secondary N) is 2. The predicted molar refractivity (Wildman–Crippen MR) is 55.6 cm³/mol. The Bertz CT molecular complexity index is 161. The van der Waals surface area contributed by atoms with E-state index in [1.165, 1.54) is 0 Å².